The molecule has 2 aromatic carbocycles. The van der Waals surface area contributed by atoms with Crippen LogP contribution in [0.1, 0.15) is 69.1 Å². The molecule has 1 atom stereocenters. The van der Waals surface area contributed by atoms with Gasteiger partial charge in [-0.1, -0.05) is 48.5 Å². The van der Waals surface area contributed by atoms with Gasteiger partial charge in [-0.15, -0.1) is 10.2 Å². The lowest BCUT2D eigenvalue weighted by molar-refractivity contribution is 0.738. The van der Waals surface area contributed by atoms with Crippen molar-refractivity contribution in [2.75, 3.05) is 0 Å². The Morgan fingerprint density at radius 3 is 2.66 bits per heavy atom. The maximum atomic E-state index is 4.95. The van der Waals surface area contributed by atoms with E-state index < -0.39 is 0 Å². The minimum atomic E-state index is -0.0255. The van der Waals surface area contributed by atoms with Gasteiger partial charge in [-0.3, -0.25) is 0 Å². The van der Waals surface area contributed by atoms with Crippen molar-refractivity contribution in [3.8, 4) is 0 Å². The second-order valence-corrected chi connectivity index (χ2v) is 9.54. The van der Waals surface area contributed by atoms with Crippen LogP contribution in [0.25, 0.3) is 11.2 Å². The summed E-state index contributed by atoms with van der Waals surface area (Å²) in [6, 6.07) is 15.3. The van der Waals surface area contributed by atoms with Crippen LogP contribution in [0.3, 0.4) is 0 Å². The zero-order valence-electron chi connectivity index (χ0n) is 20.6. The van der Waals surface area contributed by atoms with Gasteiger partial charge in [0.05, 0.1) is 12.5 Å². The molecule has 6 rings (SSSR count). The van der Waals surface area contributed by atoms with Crippen molar-refractivity contribution in [1.82, 2.24) is 35.2 Å². The summed E-state index contributed by atoms with van der Waals surface area (Å²) in [6.07, 6.45) is 2.85. The maximum absolute atomic E-state index is 4.95. The van der Waals surface area contributed by atoms with Crippen LogP contribution in [0.4, 0.5) is 0 Å². The molecule has 35 heavy (non-hydrogen) atoms. The third kappa shape index (κ3) is 3.53. The van der Waals surface area contributed by atoms with Crippen molar-refractivity contribution in [3.05, 3.63) is 98.8 Å². The van der Waals surface area contributed by atoms with Crippen molar-refractivity contribution in [2.24, 2.45) is 0 Å². The van der Waals surface area contributed by atoms with E-state index in [1.807, 2.05) is 0 Å². The number of hydrogen-bond donors (Lipinski definition) is 1. The summed E-state index contributed by atoms with van der Waals surface area (Å²) >= 11 is 0. The molecule has 3 heterocycles. The molecule has 1 aliphatic carbocycles. The summed E-state index contributed by atoms with van der Waals surface area (Å²) in [5, 5.41) is 15.3. The van der Waals surface area contributed by atoms with E-state index in [4.69, 9.17) is 9.97 Å². The highest BCUT2D eigenvalue weighted by molar-refractivity contribution is 5.76. The lowest BCUT2D eigenvalue weighted by Gasteiger charge is -2.20. The number of H-pyrrole nitrogens is 1. The van der Waals surface area contributed by atoms with Crippen LogP contribution in [-0.4, -0.2) is 35.2 Å². The number of pyridine rings is 1. The Labute approximate surface area is 204 Å². The van der Waals surface area contributed by atoms with E-state index in [1.165, 1.54) is 38.9 Å². The fourth-order valence-corrected chi connectivity index (χ4v) is 5.70. The molecule has 1 unspecified atom stereocenters. The molecule has 0 radical (unpaired) electrons. The van der Waals surface area contributed by atoms with E-state index in [0.717, 1.165) is 54.3 Å². The fraction of sp³-hybridized carbons (Fsp3) is 0.321. The smallest absolute Gasteiger partial charge is 0.186 e. The van der Waals surface area contributed by atoms with E-state index in [9.17, 15) is 0 Å². The van der Waals surface area contributed by atoms with Gasteiger partial charge < -0.3 is 4.57 Å². The third-order valence-corrected chi connectivity index (χ3v) is 7.43. The van der Waals surface area contributed by atoms with Gasteiger partial charge in [0, 0.05) is 12.1 Å². The predicted molar refractivity (Wildman–Crippen MR) is 136 cm³/mol. The number of tetrazole rings is 1. The molecule has 176 valence electrons. The standard InChI is InChI=1S/C28H29N7/c1-5-24-30-26-16(2)14-17(3)29-28(26)35(24)15-20-11-13-23-21(18(20)4)12-10-19-8-6-7-9-22(19)25(23)27-31-33-34-32-27/h6-9,11,13-14,25H,5,10,12,15H2,1-4H3,(H,31,32,33,34). The van der Waals surface area contributed by atoms with Gasteiger partial charge in [-0.05, 0) is 78.6 Å². The number of aromatic amines is 1. The molecule has 0 spiro atoms. The molecular formula is C28H29N7. The average molecular weight is 464 g/mol. The first kappa shape index (κ1) is 21.6. The molecule has 3 aromatic heterocycles. The first-order valence-corrected chi connectivity index (χ1v) is 12.3. The molecule has 0 saturated heterocycles. The number of aromatic nitrogens is 7. The molecule has 1 N–H and O–H groups in total. The van der Waals surface area contributed by atoms with Crippen LogP contribution in [0, 0.1) is 20.8 Å². The van der Waals surface area contributed by atoms with Crippen LogP contribution in [0.2, 0.25) is 0 Å². The number of nitrogens with one attached hydrogen (secondary N) is 1. The number of aryl methyl sites for hydroxylation is 4. The molecular weight excluding hydrogens is 434 g/mol. The Balaban J connectivity index is 1.49. The van der Waals surface area contributed by atoms with Crippen molar-refractivity contribution >= 4 is 11.2 Å². The first-order chi connectivity index (χ1) is 17.0. The van der Waals surface area contributed by atoms with Crippen molar-refractivity contribution in [1.29, 1.82) is 0 Å². The van der Waals surface area contributed by atoms with Crippen LogP contribution in [-0.2, 0) is 25.8 Å². The number of hydrogen-bond acceptors (Lipinski definition) is 5. The molecule has 0 bridgehead atoms. The molecule has 0 fully saturated rings. The summed E-state index contributed by atoms with van der Waals surface area (Å²) in [7, 11) is 0. The largest absolute Gasteiger partial charge is 0.308 e. The van der Waals surface area contributed by atoms with Gasteiger partial charge in [0.2, 0.25) is 0 Å². The van der Waals surface area contributed by atoms with E-state index in [-0.39, 0.29) is 5.92 Å². The zero-order chi connectivity index (χ0) is 24.1. The fourth-order valence-electron chi connectivity index (χ4n) is 5.70. The molecule has 0 saturated carbocycles. The van der Waals surface area contributed by atoms with Gasteiger partial charge in [-0.2, -0.15) is 5.21 Å². The molecule has 5 aromatic rings. The van der Waals surface area contributed by atoms with Gasteiger partial charge in [0.1, 0.15) is 11.3 Å². The van der Waals surface area contributed by atoms with Crippen molar-refractivity contribution in [3.63, 3.8) is 0 Å². The highest BCUT2D eigenvalue weighted by atomic mass is 15.5. The Bertz CT molecular complexity index is 1550. The molecule has 7 nitrogen and oxygen atoms in total. The Hall–Kier alpha value is -3.87. The Morgan fingerprint density at radius 2 is 1.86 bits per heavy atom. The van der Waals surface area contributed by atoms with E-state index >= 15 is 0 Å². The average Bonchev–Trinajstić information content (AvgIpc) is 3.46. The number of fused-ring (bicyclic) bond motifs is 3. The summed E-state index contributed by atoms with van der Waals surface area (Å²) in [5.74, 6) is 1.77. The Morgan fingerprint density at radius 1 is 1.00 bits per heavy atom. The van der Waals surface area contributed by atoms with Crippen molar-refractivity contribution in [2.45, 2.75) is 59.4 Å². The second-order valence-electron chi connectivity index (χ2n) is 9.54. The summed E-state index contributed by atoms with van der Waals surface area (Å²) in [4.78, 5) is 9.83. The van der Waals surface area contributed by atoms with Crippen LogP contribution in [0.15, 0.2) is 42.5 Å². The Kier molecular flexibility index (Phi) is 5.20. The van der Waals surface area contributed by atoms with Gasteiger partial charge in [0.25, 0.3) is 0 Å². The van der Waals surface area contributed by atoms with E-state index in [2.05, 4.69) is 95.4 Å². The number of imidazole rings is 1. The minimum Gasteiger partial charge on any atom is -0.308 e. The van der Waals surface area contributed by atoms with Gasteiger partial charge in [-0.25, -0.2) is 9.97 Å². The van der Waals surface area contributed by atoms with Crippen LogP contribution < -0.4 is 0 Å². The van der Waals surface area contributed by atoms with E-state index in [0.29, 0.717) is 0 Å². The summed E-state index contributed by atoms with van der Waals surface area (Å²) in [6.45, 7) is 9.35. The van der Waals surface area contributed by atoms with Crippen LogP contribution >= 0.6 is 0 Å². The number of benzene rings is 2. The lowest BCUT2D eigenvalue weighted by atomic mass is 9.85. The number of rotatable bonds is 4. The predicted octanol–water partition coefficient (Wildman–Crippen LogP) is 4.76. The molecule has 0 amide bonds. The summed E-state index contributed by atoms with van der Waals surface area (Å²) in [5.41, 5.74) is 12.1. The number of nitrogens with zero attached hydrogens (tertiary/aromatic N) is 6. The highest BCUT2D eigenvalue weighted by Crippen LogP contribution is 2.39. The second kappa shape index (κ2) is 8.41. The highest BCUT2D eigenvalue weighted by Gasteiger charge is 2.29. The SMILES string of the molecule is CCc1nc2c(C)cc(C)nc2n1Cc1ccc2c(c1C)CCc1ccccc1C2c1nn[nH]n1. The normalized spacial score (nSPS) is 15.1. The lowest BCUT2D eigenvalue weighted by Crippen LogP contribution is -2.12. The zero-order valence-corrected chi connectivity index (χ0v) is 20.6. The quantitative estimate of drug-likeness (QED) is 0.415. The van der Waals surface area contributed by atoms with Gasteiger partial charge >= 0.3 is 0 Å². The van der Waals surface area contributed by atoms with Crippen molar-refractivity contribution < 1.29 is 0 Å². The molecule has 7 heteroatoms. The first-order valence-electron chi connectivity index (χ1n) is 12.3. The van der Waals surface area contributed by atoms with Crippen LogP contribution in [0.5, 0.6) is 0 Å². The summed E-state index contributed by atoms with van der Waals surface area (Å²) < 4.78 is 2.30. The minimum absolute atomic E-state index is 0.0255. The third-order valence-electron chi connectivity index (χ3n) is 7.43. The van der Waals surface area contributed by atoms with E-state index in [1.54, 1.807) is 0 Å². The van der Waals surface area contributed by atoms with Gasteiger partial charge in [0.15, 0.2) is 11.5 Å². The monoisotopic (exact) mass is 463 g/mol. The molecule has 0 aliphatic heterocycles. The topological polar surface area (TPSA) is 85.2 Å². The molecule has 1 aliphatic rings. The maximum Gasteiger partial charge on any atom is 0.186 e.